The third-order valence-electron chi connectivity index (χ3n) is 10.5. The van der Waals surface area contributed by atoms with Crippen molar-refractivity contribution in [1.29, 1.82) is 0 Å². The van der Waals surface area contributed by atoms with Crippen LogP contribution >= 0.6 is 7.82 Å². The smallest absolute Gasteiger partial charge is 0.387 e. The Balaban J connectivity index is 4.35. The molecule has 340 valence electrons. The third-order valence-corrected chi connectivity index (χ3v) is 11.5. The predicted molar refractivity (Wildman–Crippen MR) is 249 cm³/mol. The standard InChI is InChI=1S/C49H93N2O6P/c1-6-8-10-12-14-16-18-20-22-23-24-25-26-27-29-31-33-35-37-39-41-43-49(53)50-47(46-57-58(54,55)56-45-44-51(3,4)5)48(52)42-40-38-36-34-32-30-28-21-19-17-15-13-11-9-7-2/h8,10,14,16,32,34,40,42,47-48,52H,6-7,9,11-13,15,17-31,33,35-39,41,43-46H2,1-5H3,(H-,50,53,54,55)/p+1/b10-8-,16-14-,34-32+,42-40+. The summed E-state index contributed by atoms with van der Waals surface area (Å²) in [4.78, 5) is 23.2. The van der Waals surface area contributed by atoms with E-state index in [-0.39, 0.29) is 19.1 Å². The van der Waals surface area contributed by atoms with E-state index in [1.165, 1.54) is 135 Å². The maximum absolute atomic E-state index is 12.9. The van der Waals surface area contributed by atoms with Gasteiger partial charge in [-0.15, -0.1) is 0 Å². The Kier molecular flexibility index (Phi) is 39.8. The van der Waals surface area contributed by atoms with Crippen LogP contribution in [0.25, 0.3) is 0 Å². The summed E-state index contributed by atoms with van der Waals surface area (Å²) >= 11 is 0. The first-order valence-corrected chi connectivity index (χ1v) is 25.5. The normalized spacial score (nSPS) is 14.7. The van der Waals surface area contributed by atoms with Crippen LogP contribution in [0.3, 0.4) is 0 Å². The Morgan fingerprint density at radius 3 is 1.57 bits per heavy atom. The highest BCUT2D eigenvalue weighted by Crippen LogP contribution is 2.43. The van der Waals surface area contributed by atoms with Crippen LogP contribution in [-0.4, -0.2) is 73.4 Å². The molecule has 0 fully saturated rings. The lowest BCUT2D eigenvalue weighted by Gasteiger charge is -2.25. The highest BCUT2D eigenvalue weighted by molar-refractivity contribution is 7.47. The van der Waals surface area contributed by atoms with Gasteiger partial charge >= 0.3 is 7.82 Å². The quantitative estimate of drug-likeness (QED) is 0.0244. The fourth-order valence-corrected chi connectivity index (χ4v) is 7.48. The van der Waals surface area contributed by atoms with Crippen LogP contribution in [0.2, 0.25) is 0 Å². The van der Waals surface area contributed by atoms with Gasteiger partial charge < -0.3 is 19.8 Å². The number of hydrogen-bond donors (Lipinski definition) is 3. The van der Waals surface area contributed by atoms with Crippen molar-refractivity contribution in [3.05, 3.63) is 48.6 Å². The fraction of sp³-hybridized carbons (Fsp3) is 0.816. The van der Waals surface area contributed by atoms with E-state index in [1.807, 2.05) is 27.2 Å². The molecular formula is C49H94N2O6P+. The molecule has 0 bridgehead atoms. The second-order valence-electron chi connectivity index (χ2n) is 17.4. The van der Waals surface area contributed by atoms with Gasteiger partial charge in [0, 0.05) is 6.42 Å². The van der Waals surface area contributed by atoms with Crippen molar-refractivity contribution in [2.45, 2.75) is 219 Å². The van der Waals surface area contributed by atoms with E-state index in [2.05, 4.69) is 55.6 Å². The number of amides is 1. The number of aliphatic hydroxyl groups is 1. The summed E-state index contributed by atoms with van der Waals surface area (Å²) in [5.41, 5.74) is 0. The summed E-state index contributed by atoms with van der Waals surface area (Å²) < 4.78 is 23.6. The van der Waals surface area contributed by atoms with Gasteiger partial charge in [0.25, 0.3) is 0 Å². The number of phosphoric acid groups is 1. The van der Waals surface area contributed by atoms with E-state index < -0.39 is 20.0 Å². The molecule has 8 nitrogen and oxygen atoms in total. The molecule has 0 aromatic heterocycles. The van der Waals surface area contributed by atoms with Crippen molar-refractivity contribution in [3.8, 4) is 0 Å². The Hall–Kier alpha value is -1.54. The van der Waals surface area contributed by atoms with Gasteiger partial charge in [0.1, 0.15) is 13.2 Å². The first-order valence-electron chi connectivity index (χ1n) is 24.0. The molecule has 0 aromatic carbocycles. The van der Waals surface area contributed by atoms with Crippen molar-refractivity contribution in [3.63, 3.8) is 0 Å². The molecule has 0 aromatic rings. The largest absolute Gasteiger partial charge is 0.472 e. The molecule has 0 spiro atoms. The van der Waals surface area contributed by atoms with E-state index in [0.717, 1.165) is 51.4 Å². The maximum atomic E-state index is 12.9. The Morgan fingerprint density at radius 1 is 0.603 bits per heavy atom. The lowest BCUT2D eigenvalue weighted by molar-refractivity contribution is -0.870. The average molecular weight is 838 g/mol. The summed E-state index contributed by atoms with van der Waals surface area (Å²) in [5.74, 6) is -0.188. The van der Waals surface area contributed by atoms with E-state index in [1.54, 1.807) is 6.08 Å². The van der Waals surface area contributed by atoms with E-state index in [9.17, 15) is 19.4 Å². The van der Waals surface area contributed by atoms with Gasteiger partial charge in [-0.1, -0.05) is 191 Å². The first-order chi connectivity index (χ1) is 28.0. The predicted octanol–water partition coefficient (Wildman–Crippen LogP) is 13.6. The number of aliphatic hydroxyl groups excluding tert-OH is 1. The number of rotatable bonds is 43. The molecule has 0 saturated heterocycles. The minimum absolute atomic E-state index is 0.0556. The van der Waals surface area contributed by atoms with Gasteiger partial charge in [-0.3, -0.25) is 13.8 Å². The van der Waals surface area contributed by atoms with Crippen molar-refractivity contribution in [2.75, 3.05) is 40.9 Å². The minimum atomic E-state index is -4.35. The first kappa shape index (κ1) is 56.5. The van der Waals surface area contributed by atoms with Crippen molar-refractivity contribution in [1.82, 2.24) is 5.32 Å². The number of nitrogens with zero attached hydrogens (tertiary/aromatic N) is 1. The summed E-state index contributed by atoms with van der Waals surface area (Å²) in [6.45, 7) is 4.69. The number of phosphoric ester groups is 1. The lowest BCUT2D eigenvalue weighted by atomic mass is 10.0. The molecule has 3 N–H and O–H groups in total. The number of allylic oxidation sites excluding steroid dienone is 7. The zero-order valence-electron chi connectivity index (χ0n) is 38.5. The Labute approximate surface area is 359 Å². The number of quaternary nitrogens is 1. The van der Waals surface area contributed by atoms with Crippen LogP contribution in [0.4, 0.5) is 0 Å². The van der Waals surface area contributed by atoms with E-state index in [4.69, 9.17) is 9.05 Å². The molecule has 0 saturated carbocycles. The van der Waals surface area contributed by atoms with Crippen molar-refractivity contribution < 1.29 is 32.9 Å². The lowest BCUT2D eigenvalue weighted by Crippen LogP contribution is -2.45. The number of likely N-dealkylation sites (N-methyl/N-ethyl adjacent to an activating group) is 1. The van der Waals surface area contributed by atoms with Crippen molar-refractivity contribution in [2.24, 2.45) is 0 Å². The highest BCUT2D eigenvalue weighted by Gasteiger charge is 2.27. The fourth-order valence-electron chi connectivity index (χ4n) is 6.74. The monoisotopic (exact) mass is 838 g/mol. The van der Waals surface area contributed by atoms with Gasteiger partial charge in [-0.2, -0.15) is 0 Å². The third kappa shape index (κ3) is 42.6. The number of nitrogens with one attached hydrogen (secondary N) is 1. The van der Waals surface area contributed by atoms with Crippen LogP contribution in [0.1, 0.15) is 206 Å². The number of carbonyl (C=O) groups is 1. The number of unbranched alkanes of at least 4 members (excludes halogenated alkanes) is 24. The van der Waals surface area contributed by atoms with Crippen LogP contribution in [-0.2, 0) is 18.4 Å². The van der Waals surface area contributed by atoms with Gasteiger partial charge in [0.2, 0.25) is 5.91 Å². The van der Waals surface area contributed by atoms with Crippen LogP contribution in [0.15, 0.2) is 48.6 Å². The summed E-state index contributed by atoms with van der Waals surface area (Å²) in [6, 6.07) is -0.862. The average Bonchev–Trinajstić information content (AvgIpc) is 3.17. The SMILES string of the molecule is CC/C=C\C/C=C\CCCCCCCCCCCCCCCCC(=O)NC(COP(=O)(O)OCC[N+](C)(C)C)C(O)/C=C/CC/C=C/CCCCCCCCCCC. The van der Waals surface area contributed by atoms with E-state index in [0.29, 0.717) is 17.4 Å². The summed E-state index contributed by atoms with van der Waals surface area (Å²) in [5, 5.41) is 13.8. The second kappa shape index (κ2) is 40.8. The van der Waals surface area contributed by atoms with Gasteiger partial charge in [0.15, 0.2) is 0 Å². The zero-order valence-corrected chi connectivity index (χ0v) is 39.4. The molecule has 0 heterocycles. The molecule has 9 heteroatoms. The number of hydrogen-bond acceptors (Lipinski definition) is 5. The molecular weight excluding hydrogens is 744 g/mol. The molecule has 3 unspecified atom stereocenters. The van der Waals surface area contributed by atoms with Crippen LogP contribution < -0.4 is 5.32 Å². The molecule has 3 atom stereocenters. The second-order valence-corrected chi connectivity index (χ2v) is 18.9. The number of carbonyl (C=O) groups excluding carboxylic acids is 1. The highest BCUT2D eigenvalue weighted by atomic mass is 31.2. The van der Waals surface area contributed by atoms with Crippen molar-refractivity contribution >= 4 is 13.7 Å². The Bertz CT molecular complexity index is 1090. The molecule has 1 amide bonds. The van der Waals surface area contributed by atoms with Gasteiger partial charge in [-0.05, 0) is 57.8 Å². The van der Waals surface area contributed by atoms with Gasteiger partial charge in [-0.25, -0.2) is 4.57 Å². The van der Waals surface area contributed by atoms with E-state index >= 15 is 0 Å². The Morgan fingerprint density at radius 2 is 1.05 bits per heavy atom. The topological polar surface area (TPSA) is 105 Å². The molecule has 0 rings (SSSR count). The molecule has 0 radical (unpaired) electrons. The molecule has 58 heavy (non-hydrogen) atoms. The maximum Gasteiger partial charge on any atom is 0.472 e. The van der Waals surface area contributed by atoms with Crippen LogP contribution in [0, 0.1) is 0 Å². The minimum Gasteiger partial charge on any atom is -0.387 e. The summed E-state index contributed by atoms with van der Waals surface area (Å²) in [6.07, 6.45) is 51.9. The molecule has 0 aliphatic rings. The molecule has 0 aliphatic heterocycles. The van der Waals surface area contributed by atoms with Gasteiger partial charge in [0.05, 0.1) is 39.9 Å². The zero-order chi connectivity index (χ0) is 42.8. The summed E-state index contributed by atoms with van der Waals surface area (Å²) in [7, 11) is 1.55. The van der Waals surface area contributed by atoms with Crippen LogP contribution in [0.5, 0.6) is 0 Å². The molecule has 0 aliphatic carbocycles.